The zero-order valence-electron chi connectivity index (χ0n) is 9.21. The van der Waals surface area contributed by atoms with Gasteiger partial charge in [0.2, 0.25) is 0 Å². The zero-order chi connectivity index (χ0) is 11.0. The lowest BCUT2D eigenvalue weighted by atomic mass is 9.97. The van der Waals surface area contributed by atoms with Crippen molar-refractivity contribution < 1.29 is 4.74 Å². The number of nitrogens with one attached hydrogen (secondary N) is 1. The van der Waals surface area contributed by atoms with Crippen LogP contribution in [0.2, 0.25) is 0 Å². The first kappa shape index (κ1) is 10.5. The van der Waals surface area contributed by atoms with Gasteiger partial charge in [0.1, 0.15) is 12.4 Å². The van der Waals surface area contributed by atoms with Gasteiger partial charge < -0.3 is 10.1 Å². The lowest BCUT2D eigenvalue weighted by molar-refractivity contribution is 0.246. The number of rotatable bonds is 1. The second-order valence-corrected chi connectivity index (χ2v) is 5.66. The van der Waals surface area contributed by atoms with Crippen molar-refractivity contribution in [1.29, 1.82) is 0 Å². The lowest BCUT2D eigenvalue weighted by Crippen LogP contribution is -2.36. The molecule has 0 spiro atoms. The maximum absolute atomic E-state index is 5.82. The smallest absolute Gasteiger partial charge is 0.142 e. The molecule has 1 aromatic carbocycles. The third-order valence-corrected chi connectivity index (χ3v) is 4.16. The summed E-state index contributed by atoms with van der Waals surface area (Å²) in [5.41, 5.74) is 1.14. The van der Waals surface area contributed by atoms with Crippen LogP contribution in [0.1, 0.15) is 25.7 Å². The molecule has 0 bridgehead atoms. The summed E-state index contributed by atoms with van der Waals surface area (Å²) in [5.74, 6) is 1.78. The highest BCUT2D eigenvalue weighted by molar-refractivity contribution is 9.10. The van der Waals surface area contributed by atoms with E-state index < -0.39 is 0 Å². The number of benzene rings is 1. The van der Waals surface area contributed by atoms with Gasteiger partial charge in [-0.1, -0.05) is 28.8 Å². The van der Waals surface area contributed by atoms with Crippen molar-refractivity contribution in [2.24, 2.45) is 5.92 Å². The van der Waals surface area contributed by atoms with Gasteiger partial charge in [0, 0.05) is 4.47 Å². The highest BCUT2D eigenvalue weighted by Crippen LogP contribution is 2.36. The van der Waals surface area contributed by atoms with Crippen LogP contribution < -0.4 is 10.1 Å². The number of halogens is 1. The summed E-state index contributed by atoms with van der Waals surface area (Å²) in [6.07, 6.45) is 5.47. The highest BCUT2D eigenvalue weighted by Gasteiger charge is 2.28. The van der Waals surface area contributed by atoms with Gasteiger partial charge in [0.25, 0.3) is 0 Å². The predicted molar refractivity (Wildman–Crippen MR) is 69.0 cm³/mol. The van der Waals surface area contributed by atoms with E-state index in [1.807, 2.05) is 12.1 Å². The van der Waals surface area contributed by atoms with Crippen LogP contribution in [0.5, 0.6) is 5.75 Å². The molecule has 1 fully saturated rings. The van der Waals surface area contributed by atoms with Crippen molar-refractivity contribution >= 4 is 21.6 Å². The summed E-state index contributed by atoms with van der Waals surface area (Å²) in [6.45, 7) is 0.819. The van der Waals surface area contributed by atoms with Crippen LogP contribution in [0.15, 0.2) is 22.7 Å². The van der Waals surface area contributed by atoms with Gasteiger partial charge >= 0.3 is 0 Å². The van der Waals surface area contributed by atoms with E-state index in [1.165, 1.54) is 25.7 Å². The average molecular weight is 282 g/mol. The molecule has 0 radical (unpaired) electrons. The molecule has 1 aromatic rings. The summed E-state index contributed by atoms with van der Waals surface area (Å²) < 4.78 is 6.93. The minimum absolute atomic E-state index is 0.504. The number of hydrogen-bond donors (Lipinski definition) is 1. The zero-order valence-corrected chi connectivity index (χ0v) is 10.8. The van der Waals surface area contributed by atoms with E-state index in [1.54, 1.807) is 0 Å². The van der Waals surface area contributed by atoms with Crippen molar-refractivity contribution in [3.05, 3.63) is 22.7 Å². The second kappa shape index (κ2) is 4.28. The molecule has 1 heterocycles. The Labute approximate surface area is 105 Å². The van der Waals surface area contributed by atoms with Gasteiger partial charge in [-0.3, -0.25) is 0 Å². The number of anilines is 1. The molecule has 1 atom stereocenters. The van der Waals surface area contributed by atoms with Gasteiger partial charge in [-0.15, -0.1) is 0 Å². The molecular formula is C13H16BrNO. The minimum atomic E-state index is 0.504. The first-order valence-electron chi connectivity index (χ1n) is 6.02. The van der Waals surface area contributed by atoms with Crippen LogP contribution in [0.3, 0.4) is 0 Å². The van der Waals surface area contributed by atoms with Gasteiger partial charge in [-0.05, 0) is 37.0 Å². The number of fused-ring (bicyclic) bond motifs is 1. The van der Waals surface area contributed by atoms with Crippen molar-refractivity contribution in [1.82, 2.24) is 0 Å². The molecular weight excluding hydrogens is 266 g/mol. The van der Waals surface area contributed by atoms with Crippen LogP contribution in [0.4, 0.5) is 5.69 Å². The Kier molecular flexibility index (Phi) is 2.80. The molecule has 2 nitrogen and oxygen atoms in total. The quantitative estimate of drug-likeness (QED) is 0.845. The van der Waals surface area contributed by atoms with E-state index in [9.17, 15) is 0 Å². The molecule has 1 saturated carbocycles. The maximum Gasteiger partial charge on any atom is 0.142 e. The molecule has 2 aliphatic rings. The predicted octanol–water partition coefficient (Wildman–Crippen LogP) is 3.81. The molecule has 3 heteroatoms. The summed E-state index contributed by atoms with van der Waals surface area (Å²) in [4.78, 5) is 0. The normalized spacial score (nSPS) is 24.7. The molecule has 16 heavy (non-hydrogen) atoms. The molecule has 3 rings (SSSR count). The van der Waals surface area contributed by atoms with E-state index in [2.05, 4.69) is 27.3 Å². The molecule has 86 valence electrons. The number of hydrogen-bond acceptors (Lipinski definition) is 2. The summed E-state index contributed by atoms with van der Waals surface area (Å²) in [6, 6.07) is 6.66. The first-order valence-corrected chi connectivity index (χ1v) is 6.81. The average Bonchev–Trinajstić information content (AvgIpc) is 2.81. The van der Waals surface area contributed by atoms with Crippen LogP contribution in [0.25, 0.3) is 0 Å². The van der Waals surface area contributed by atoms with Gasteiger partial charge in [0.05, 0.1) is 11.7 Å². The van der Waals surface area contributed by atoms with E-state index in [0.29, 0.717) is 6.04 Å². The topological polar surface area (TPSA) is 21.3 Å². The van der Waals surface area contributed by atoms with Gasteiger partial charge in [-0.25, -0.2) is 0 Å². The Morgan fingerprint density at radius 3 is 2.88 bits per heavy atom. The SMILES string of the molecule is Brc1ccc2c(c1)NC(C1CCCC1)CO2. The van der Waals surface area contributed by atoms with Crippen molar-refractivity contribution in [3.63, 3.8) is 0 Å². The van der Waals surface area contributed by atoms with Crippen LogP contribution >= 0.6 is 15.9 Å². The fraction of sp³-hybridized carbons (Fsp3) is 0.538. The monoisotopic (exact) mass is 281 g/mol. The molecule has 0 saturated heterocycles. The Morgan fingerprint density at radius 2 is 2.06 bits per heavy atom. The van der Waals surface area contributed by atoms with Crippen LogP contribution in [-0.4, -0.2) is 12.6 Å². The second-order valence-electron chi connectivity index (χ2n) is 4.75. The van der Waals surface area contributed by atoms with E-state index in [-0.39, 0.29) is 0 Å². The molecule has 1 aliphatic heterocycles. The lowest BCUT2D eigenvalue weighted by Gasteiger charge is -2.31. The van der Waals surface area contributed by atoms with Crippen molar-refractivity contribution in [2.45, 2.75) is 31.7 Å². The third kappa shape index (κ3) is 1.93. The number of ether oxygens (including phenoxy) is 1. The largest absolute Gasteiger partial charge is 0.489 e. The van der Waals surface area contributed by atoms with Crippen LogP contribution in [0, 0.1) is 5.92 Å². The van der Waals surface area contributed by atoms with Gasteiger partial charge in [0.15, 0.2) is 0 Å². The van der Waals surface area contributed by atoms with Crippen molar-refractivity contribution in [2.75, 3.05) is 11.9 Å². The van der Waals surface area contributed by atoms with Crippen LogP contribution in [-0.2, 0) is 0 Å². The van der Waals surface area contributed by atoms with Crippen molar-refractivity contribution in [3.8, 4) is 5.75 Å². The summed E-state index contributed by atoms with van der Waals surface area (Å²) in [5, 5.41) is 3.62. The van der Waals surface area contributed by atoms with E-state index in [4.69, 9.17) is 4.74 Å². The summed E-state index contributed by atoms with van der Waals surface area (Å²) in [7, 11) is 0. The highest BCUT2D eigenvalue weighted by atomic mass is 79.9. The minimum Gasteiger partial charge on any atom is -0.489 e. The standard InChI is InChI=1S/C13H16BrNO/c14-10-5-6-13-11(7-10)15-12(8-16-13)9-3-1-2-4-9/h5-7,9,12,15H,1-4,8H2. The Bertz CT molecular complexity index is 388. The molecule has 0 aromatic heterocycles. The first-order chi connectivity index (χ1) is 7.83. The fourth-order valence-electron chi connectivity index (χ4n) is 2.78. The van der Waals surface area contributed by atoms with Gasteiger partial charge in [-0.2, -0.15) is 0 Å². The van der Waals surface area contributed by atoms with E-state index >= 15 is 0 Å². The fourth-order valence-corrected chi connectivity index (χ4v) is 3.14. The molecule has 1 aliphatic carbocycles. The third-order valence-electron chi connectivity index (χ3n) is 3.67. The van der Waals surface area contributed by atoms with E-state index in [0.717, 1.165) is 28.4 Å². The molecule has 0 amide bonds. The molecule has 1 unspecified atom stereocenters. The Hall–Kier alpha value is -0.700. The Balaban J connectivity index is 1.79. The maximum atomic E-state index is 5.82. The summed E-state index contributed by atoms with van der Waals surface area (Å²) >= 11 is 3.50. The molecule has 1 N–H and O–H groups in total. The Morgan fingerprint density at radius 1 is 1.25 bits per heavy atom.